The van der Waals surface area contributed by atoms with Crippen molar-refractivity contribution >= 4 is 40.7 Å². The number of carbonyl (C=O) groups excluding carboxylic acids is 1. The first-order valence-electron chi connectivity index (χ1n) is 13.2. The van der Waals surface area contributed by atoms with Crippen LogP contribution in [0, 0.1) is 11.7 Å². The maximum absolute atomic E-state index is 15.5. The highest BCUT2D eigenvalue weighted by molar-refractivity contribution is 7.11. The number of thiazole rings is 1. The van der Waals surface area contributed by atoms with Gasteiger partial charge in [-0.2, -0.15) is 0 Å². The van der Waals surface area contributed by atoms with Crippen LogP contribution in [0.2, 0.25) is 5.02 Å². The lowest BCUT2D eigenvalue weighted by Gasteiger charge is -2.31. The zero-order valence-electron chi connectivity index (χ0n) is 22.3. The van der Waals surface area contributed by atoms with Gasteiger partial charge in [0.1, 0.15) is 11.9 Å². The topological polar surface area (TPSA) is 107 Å². The quantitative estimate of drug-likeness (QED) is 0.411. The first-order chi connectivity index (χ1) is 19.5. The number of halogens is 4. The van der Waals surface area contributed by atoms with Gasteiger partial charge in [0.25, 0.3) is 5.92 Å². The van der Waals surface area contributed by atoms with Gasteiger partial charge in [-0.15, -0.1) is 11.3 Å². The maximum Gasteiger partial charge on any atom is 0.338 e. The maximum atomic E-state index is 15.5. The zero-order valence-corrected chi connectivity index (χ0v) is 23.9. The number of benzene rings is 1. The number of ether oxygens (including phenoxy) is 1. The standard InChI is InChI=1S/C27H29ClF3N5O4S/c1-3-40-26(39)19-17(12-36-13-27(30,31)22-18(36)7-9-35(22)11-14(2)25(37)38)33-23(24-32-8-10-41-24)34-21(19)15-5-4-6-16(29)20(15)28/h4-6,8,10,14,18,21-22H,3,7,9,11-13H2,1-2H3,(H,33,34)(H,37,38)/t14?,18-,21-,22+/m0/s1. The Morgan fingerprint density at radius 1 is 1.34 bits per heavy atom. The molecule has 4 atom stereocenters. The summed E-state index contributed by atoms with van der Waals surface area (Å²) >= 11 is 7.63. The third-order valence-corrected chi connectivity index (χ3v) is 8.79. The molecular weight excluding hydrogens is 583 g/mol. The van der Waals surface area contributed by atoms with Crippen LogP contribution in [0.3, 0.4) is 0 Å². The summed E-state index contributed by atoms with van der Waals surface area (Å²) < 4.78 is 50.8. The molecule has 2 fully saturated rings. The third kappa shape index (κ3) is 5.72. The predicted octanol–water partition coefficient (Wildman–Crippen LogP) is 3.96. The Hall–Kier alpha value is -3.00. The average molecular weight is 612 g/mol. The number of fused-ring (bicyclic) bond motifs is 1. The van der Waals surface area contributed by atoms with E-state index in [9.17, 15) is 19.1 Å². The molecule has 1 aromatic carbocycles. The van der Waals surface area contributed by atoms with E-state index in [1.54, 1.807) is 34.4 Å². The monoisotopic (exact) mass is 611 g/mol. The molecule has 1 unspecified atom stereocenters. The fourth-order valence-electron chi connectivity index (χ4n) is 5.84. The van der Waals surface area contributed by atoms with Gasteiger partial charge in [0.2, 0.25) is 0 Å². The van der Waals surface area contributed by atoms with Crippen molar-refractivity contribution in [3.05, 3.63) is 62.5 Å². The Morgan fingerprint density at radius 3 is 2.80 bits per heavy atom. The van der Waals surface area contributed by atoms with Crippen molar-refractivity contribution in [1.29, 1.82) is 0 Å². The van der Waals surface area contributed by atoms with Gasteiger partial charge in [-0.05, 0) is 19.4 Å². The van der Waals surface area contributed by atoms with Gasteiger partial charge in [-0.1, -0.05) is 30.7 Å². The summed E-state index contributed by atoms with van der Waals surface area (Å²) in [4.78, 5) is 36.9. The van der Waals surface area contributed by atoms with E-state index in [1.807, 2.05) is 0 Å². The fraction of sp³-hybridized carbons (Fsp3) is 0.481. The third-order valence-electron chi connectivity index (χ3n) is 7.61. The Bertz CT molecular complexity index is 1390. The number of carbonyl (C=O) groups is 2. The van der Waals surface area contributed by atoms with Crippen LogP contribution >= 0.6 is 22.9 Å². The first kappa shape index (κ1) is 29.5. The molecule has 0 spiro atoms. The summed E-state index contributed by atoms with van der Waals surface area (Å²) in [6.07, 6.45) is 1.98. The van der Waals surface area contributed by atoms with Crippen molar-refractivity contribution in [2.45, 2.75) is 44.3 Å². The molecule has 3 aliphatic rings. The summed E-state index contributed by atoms with van der Waals surface area (Å²) in [5.41, 5.74) is 0.547. The number of hydrogen-bond donors (Lipinski definition) is 2. The summed E-state index contributed by atoms with van der Waals surface area (Å²) in [6, 6.07) is 1.37. The predicted molar refractivity (Wildman–Crippen MR) is 147 cm³/mol. The van der Waals surface area contributed by atoms with Gasteiger partial charge in [0.05, 0.1) is 35.7 Å². The lowest BCUT2D eigenvalue weighted by Crippen LogP contribution is -2.47. The molecule has 0 aliphatic carbocycles. The molecule has 220 valence electrons. The lowest BCUT2D eigenvalue weighted by molar-refractivity contribution is -0.142. The van der Waals surface area contributed by atoms with E-state index in [-0.39, 0.29) is 41.6 Å². The number of esters is 1. The van der Waals surface area contributed by atoms with Crippen molar-refractivity contribution in [2.24, 2.45) is 10.9 Å². The van der Waals surface area contributed by atoms with Gasteiger partial charge in [0.15, 0.2) is 10.8 Å². The number of carboxylic acid groups (broad SMARTS) is 1. The van der Waals surface area contributed by atoms with Crippen molar-refractivity contribution < 1.29 is 32.6 Å². The number of carboxylic acids is 1. The van der Waals surface area contributed by atoms with Crippen molar-refractivity contribution in [3.63, 3.8) is 0 Å². The van der Waals surface area contributed by atoms with Crippen molar-refractivity contribution in [3.8, 4) is 0 Å². The SMILES string of the molecule is CCOC(=O)C1=C(CN2CC(F)(F)[C@H]3[C@@H]2CCN3CC(C)C(=O)O)NC(c2nccs2)=N[C@H]1c1cccc(F)c1Cl. The van der Waals surface area contributed by atoms with Crippen LogP contribution in [-0.4, -0.2) is 88.5 Å². The number of aliphatic imine (C=N–C) groups is 1. The number of likely N-dealkylation sites (tertiary alicyclic amines) is 2. The highest BCUT2D eigenvalue weighted by Gasteiger charge is 2.59. The Labute approximate surface area is 243 Å². The number of amidine groups is 1. The summed E-state index contributed by atoms with van der Waals surface area (Å²) in [5, 5.41) is 14.5. The van der Waals surface area contributed by atoms with Crippen LogP contribution in [-0.2, 0) is 14.3 Å². The van der Waals surface area contributed by atoms with E-state index in [0.29, 0.717) is 23.8 Å². The van der Waals surface area contributed by atoms with E-state index in [1.165, 1.54) is 30.4 Å². The number of alkyl halides is 2. The number of nitrogens with one attached hydrogen (secondary N) is 1. The van der Waals surface area contributed by atoms with E-state index >= 15 is 8.78 Å². The minimum Gasteiger partial charge on any atom is -0.481 e. The second-order valence-electron chi connectivity index (χ2n) is 10.3. The molecule has 0 radical (unpaired) electrons. The highest BCUT2D eigenvalue weighted by atomic mass is 35.5. The Kier molecular flexibility index (Phi) is 8.42. The van der Waals surface area contributed by atoms with Crippen LogP contribution in [0.15, 0.2) is 46.0 Å². The van der Waals surface area contributed by atoms with Crippen molar-refractivity contribution in [1.82, 2.24) is 20.1 Å². The van der Waals surface area contributed by atoms with Gasteiger partial charge in [0, 0.05) is 48.5 Å². The molecule has 0 saturated carbocycles. The summed E-state index contributed by atoms with van der Waals surface area (Å²) in [7, 11) is 0. The molecule has 3 aliphatic heterocycles. The number of rotatable bonds is 9. The van der Waals surface area contributed by atoms with Gasteiger partial charge < -0.3 is 15.2 Å². The number of hydrogen-bond acceptors (Lipinski definition) is 9. The lowest BCUT2D eigenvalue weighted by atomic mass is 9.95. The second-order valence-corrected chi connectivity index (χ2v) is 11.6. The van der Waals surface area contributed by atoms with Crippen LogP contribution in [0.4, 0.5) is 13.2 Å². The molecule has 1 aromatic heterocycles. The number of aliphatic carboxylic acids is 1. The number of nitrogens with zero attached hydrogens (tertiary/aromatic N) is 4. The molecule has 14 heteroatoms. The Balaban J connectivity index is 1.54. The summed E-state index contributed by atoms with van der Waals surface area (Å²) in [5.74, 6) is -6.09. The molecule has 41 heavy (non-hydrogen) atoms. The van der Waals surface area contributed by atoms with E-state index in [0.717, 1.165) is 0 Å². The van der Waals surface area contributed by atoms with Gasteiger partial charge >= 0.3 is 11.9 Å². The molecule has 9 nitrogen and oxygen atoms in total. The van der Waals surface area contributed by atoms with Gasteiger partial charge in [-0.3, -0.25) is 19.6 Å². The van der Waals surface area contributed by atoms with Crippen LogP contribution in [0.25, 0.3) is 0 Å². The number of aromatic nitrogens is 1. The van der Waals surface area contributed by atoms with Crippen LogP contribution in [0.5, 0.6) is 0 Å². The minimum absolute atomic E-state index is 0.00987. The smallest absolute Gasteiger partial charge is 0.338 e. The molecule has 2 aromatic rings. The zero-order chi connectivity index (χ0) is 29.5. The van der Waals surface area contributed by atoms with Crippen molar-refractivity contribution in [2.75, 3.05) is 32.8 Å². The molecule has 4 heterocycles. The molecule has 0 bridgehead atoms. The largest absolute Gasteiger partial charge is 0.481 e. The van der Waals surface area contributed by atoms with Gasteiger partial charge in [-0.25, -0.2) is 22.9 Å². The molecule has 5 rings (SSSR count). The van der Waals surface area contributed by atoms with Crippen LogP contribution < -0.4 is 5.32 Å². The first-order valence-corrected chi connectivity index (χ1v) is 14.4. The second kappa shape index (κ2) is 11.7. The molecular formula is C27H29ClF3N5O4S. The Morgan fingerprint density at radius 2 is 2.12 bits per heavy atom. The normalized spacial score (nSPS) is 25.0. The highest BCUT2D eigenvalue weighted by Crippen LogP contribution is 2.43. The summed E-state index contributed by atoms with van der Waals surface area (Å²) in [6.45, 7) is 2.85. The average Bonchev–Trinajstić information content (AvgIpc) is 3.65. The molecule has 0 amide bonds. The molecule has 2 saturated heterocycles. The minimum atomic E-state index is -3.11. The van der Waals surface area contributed by atoms with E-state index in [2.05, 4.69) is 15.3 Å². The van der Waals surface area contributed by atoms with Crippen LogP contribution in [0.1, 0.15) is 36.9 Å². The fourth-order valence-corrected chi connectivity index (χ4v) is 6.65. The van der Waals surface area contributed by atoms with E-state index < -0.39 is 54.3 Å². The molecule has 2 N–H and O–H groups in total. The van der Waals surface area contributed by atoms with E-state index in [4.69, 9.17) is 16.3 Å².